The molecule has 1 atom stereocenters. The SMILES string of the molecule is CC(C)(C)OC(=O)N1CCCC(C(=O)Nc2cccc(Nc3cc(NCc4cc(F)cc(F)c4)c(C(N)=O)cn3)c2)C1. The number of nitrogens with two attached hydrogens (primary N) is 1. The Morgan fingerprint density at radius 1 is 1.07 bits per heavy atom. The highest BCUT2D eigenvalue weighted by molar-refractivity contribution is 5.98. The first-order valence-corrected chi connectivity index (χ1v) is 13.5. The molecule has 0 bridgehead atoms. The number of benzene rings is 2. The number of likely N-dealkylation sites (tertiary alicyclic amines) is 1. The summed E-state index contributed by atoms with van der Waals surface area (Å²) in [6.45, 7) is 6.24. The van der Waals surface area contributed by atoms with Gasteiger partial charge in [-0.1, -0.05) is 6.07 Å². The van der Waals surface area contributed by atoms with Crippen molar-refractivity contribution in [2.24, 2.45) is 11.7 Å². The maximum atomic E-state index is 13.6. The van der Waals surface area contributed by atoms with Crippen LogP contribution in [0.15, 0.2) is 54.7 Å². The number of piperidine rings is 1. The highest BCUT2D eigenvalue weighted by Gasteiger charge is 2.31. The van der Waals surface area contributed by atoms with Crippen LogP contribution in [0.3, 0.4) is 0 Å². The Labute approximate surface area is 242 Å². The number of halogens is 2. The first kappa shape index (κ1) is 30.2. The van der Waals surface area contributed by atoms with Gasteiger partial charge in [-0.3, -0.25) is 9.59 Å². The van der Waals surface area contributed by atoms with Crippen LogP contribution < -0.4 is 21.7 Å². The van der Waals surface area contributed by atoms with Crippen LogP contribution in [0.1, 0.15) is 49.5 Å². The lowest BCUT2D eigenvalue weighted by Gasteiger charge is -2.33. The quantitative estimate of drug-likeness (QED) is 0.280. The zero-order valence-electron chi connectivity index (χ0n) is 23.7. The van der Waals surface area contributed by atoms with E-state index in [1.165, 1.54) is 18.3 Å². The fourth-order valence-electron chi connectivity index (χ4n) is 4.53. The molecule has 0 spiro atoms. The maximum Gasteiger partial charge on any atom is 0.410 e. The average Bonchev–Trinajstić information content (AvgIpc) is 2.90. The Morgan fingerprint density at radius 2 is 1.79 bits per heavy atom. The van der Waals surface area contributed by atoms with Gasteiger partial charge in [0.15, 0.2) is 0 Å². The highest BCUT2D eigenvalue weighted by atomic mass is 19.1. The number of amides is 3. The summed E-state index contributed by atoms with van der Waals surface area (Å²) in [6, 6.07) is 11.7. The molecule has 0 aliphatic carbocycles. The average molecular weight is 581 g/mol. The number of primary amides is 1. The van der Waals surface area contributed by atoms with E-state index in [1.807, 2.05) is 0 Å². The van der Waals surface area contributed by atoms with Gasteiger partial charge in [0.05, 0.1) is 17.2 Å². The molecule has 1 fully saturated rings. The lowest BCUT2D eigenvalue weighted by Crippen LogP contribution is -2.45. The molecule has 1 saturated heterocycles. The van der Waals surface area contributed by atoms with Gasteiger partial charge in [0, 0.05) is 49.3 Å². The fourth-order valence-corrected chi connectivity index (χ4v) is 4.53. The molecule has 1 aliphatic rings. The topological polar surface area (TPSA) is 139 Å². The first-order valence-electron chi connectivity index (χ1n) is 13.5. The van der Waals surface area contributed by atoms with Crippen LogP contribution in [0.25, 0.3) is 0 Å². The van der Waals surface area contributed by atoms with E-state index in [4.69, 9.17) is 10.5 Å². The predicted molar refractivity (Wildman–Crippen MR) is 155 cm³/mol. The third kappa shape index (κ3) is 8.38. The van der Waals surface area contributed by atoms with E-state index in [2.05, 4.69) is 20.9 Å². The van der Waals surface area contributed by atoms with Crippen LogP contribution >= 0.6 is 0 Å². The van der Waals surface area contributed by atoms with Gasteiger partial charge in [-0.15, -0.1) is 0 Å². The van der Waals surface area contributed by atoms with Crippen molar-refractivity contribution in [1.82, 2.24) is 9.88 Å². The molecule has 0 radical (unpaired) electrons. The molecule has 1 unspecified atom stereocenters. The summed E-state index contributed by atoms with van der Waals surface area (Å²) in [7, 11) is 0. The van der Waals surface area contributed by atoms with Gasteiger partial charge in [0.2, 0.25) is 5.91 Å². The Morgan fingerprint density at radius 3 is 2.48 bits per heavy atom. The van der Waals surface area contributed by atoms with Gasteiger partial charge in [-0.05, 0) is 69.5 Å². The number of nitrogens with one attached hydrogen (secondary N) is 3. The summed E-state index contributed by atoms with van der Waals surface area (Å²) >= 11 is 0. The third-order valence-electron chi connectivity index (χ3n) is 6.42. The number of aromatic nitrogens is 1. The molecular formula is C30H34F2N6O4. The molecule has 4 rings (SSSR count). The first-order chi connectivity index (χ1) is 19.9. The maximum absolute atomic E-state index is 13.6. The summed E-state index contributed by atoms with van der Waals surface area (Å²) < 4.78 is 32.6. The molecule has 3 aromatic rings. The number of anilines is 4. The summed E-state index contributed by atoms with van der Waals surface area (Å²) in [6.07, 6.45) is 2.20. The Kier molecular flexibility index (Phi) is 9.24. The minimum atomic E-state index is -0.723. The molecule has 3 amide bonds. The normalized spacial score (nSPS) is 15.1. The standard InChI is InChI=1S/C30H34F2N6O4/c1-30(2,3)42-29(41)38-9-5-6-19(17-38)28(40)37-23-8-4-7-22(13-23)36-26-14-25(24(16-35-26)27(33)39)34-15-18-10-20(31)12-21(32)11-18/h4,7-8,10-14,16,19H,5-6,9,15,17H2,1-3H3,(H2,33,39)(H,37,40)(H2,34,35,36). The molecule has 12 heteroatoms. The van der Waals surface area contributed by atoms with Gasteiger partial charge >= 0.3 is 6.09 Å². The number of nitrogens with zero attached hydrogens (tertiary/aromatic N) is 2. The second kappa shape index (κ2) is 12.8. The molecule has 5 N–H and O–H groups in total. The zero-order chi connectivity index (χ0) is 30.4. The predicted octanol–water partition coefficient (Wildman–Crippen LogP) is 5.40. The molecular weight excluding hydrogens is 546 g/mol. The minimum absolute atomic E-state index is 0.0342. The molecule has 1 aromatic heterocycles. The van der Waals surface area contributed by atoms with Crippen molar-refractivity contribution in [2.75, 3.05) is 29.0 Å². The van der Waals surface area contributed by atoms with Crippen LogP contribution in [0.4, 0.5) is 36.5 Å². The number of rotatable bonds is 8. The van der Waals surface area contributed by atoms with Crippen LogP contribution in [-0.2, 0) is 16.1 Å². The molecule has 0 saturated carbocycles. The van der Waals surface area contributed by atoms with Gasteiger partial charge in [-0.25, -0.2) is 18.6 Å². The molecule has 1 aliphatic heterocycles. The van der Waals surface area contributed by atoms with E-state index in [0.29, 0.717) is 47.8 Å². The smallest absolute Gasteiger partial charge is 0.410 e. The van der Waals surface area contributed by atoms with Crippen LogP contribution in [0, 0.1) is 17.6 Å². The van der Waals surface area contributed by atoms with E-state index in [-0.39, 0.29) is 30.5 Å². The second-order valence-corrected chi connectivity index (χ2v) is 11.1. The van der Waals surface area contributed by atoms with Crippen molar-refractivity contribution in [3.63, 3.8) is 0 Å². The van der Waals surface area contributed by atoms with Crippen molar-refractivity contribution in [3.8, 4) is 0 Å². The van der Waals surface area contributed by atoms with Crippen molar-refractivity contribution in [1.29, 1.82) is 0 Å². The lowest BCUT2D eigenvalue weighted by molar-refractivity contribution is -0.121. The van der Waals surface area contributed by atoms with Crippen molar-refractivity contribution < 1.29 is 27.9 Å². The molecule has 222 valence electrons. The minimum Gasteiger partial charge on any atom is -0.444 e. The number of hydrogen-bond acceptors (Lipinski definition) is 7. The van der Waals surface area contributed by atoms with Crippen molar-refractivity contribution >= 4 is 40.8 Å². The number of hydrogen-bond donors (Lipinski definition) is 4. The summed E-state index contributed by atoms with van der Waals surface area (Å²) in [5.74, 6) is -2.38. The van der Waals surface area contributed by atoms with Crippen LogP contribution in [0.5, 0.6) is 0 Å². The van der Waals surface area contributed by atoms with Crippen LogP contribution in [0.2, 0.25) is 0 Å². The van der Waals surface area contributed by atoms with E-state index in [0.717, 1.165) is 6.07 Å². The molecule has 2 aromatic carbocycles. The van der Waals surface area contributed by atoms with Crippen molar-refractivity contribution in [3.05, 3.63) is 77.5 Å². The molecule has 2 heterocycles. The zero-order valence-corrected chi connectivity index (χ0v) is 23.7. The van der Waals surface area contributed by atoms with Crippen molar-refractivity contribution in [2.45, 2.75) is 45.8 Å². The fraction of sp³-hybridized carbons (Fsp3) is 0.333. The second-order valence-electron chi connectivity index (χ2n) is 11.1. The highest BCUT2D eigenvalue weighted by Crippen LogP contribution is 2.26. The number of ether oxygens (including phenoxy) is 1. The Balaban J connectivity index is 1.42. The van der Waals surface area contributed by atoms with E-state index >= 15 is 0 Å². The van der Waals surface area contributed by atoms with Gasteiger partial charge < -0.3 is 31.3 Å². The summed E-state index contributed by atoms with van der Waals surface area (Å²) in [5.41, 5.74) is 6.77. The van der Waals surface area contributed by atoms with Gasteiger partial charge in [-0.2, -0.15) is 0 Å². The summed E-state index contributed by atoms with van der Waals surface area (Å²) in [4.78, 5) is 43.3. The Bertz CT molecular complexity index is 1460. The van der Waals surface area contributed by atoms with Gasteiger partial charge in [0.1, 0.15) is 23.1 Å². The van der Waals surface area contributed by atoms with Gasteiger partial charge in [0.25, 0.3) is 5.91 Å². The lowest BCUT2D eigenvalue weighted by atomic mass is 9.97. The number of pyridine rings is 1. The largest absolute Gasteiger partial charge is 0.444 e. The van der Waals surface area contributed by atoms with E-state index in [1.54, 1.807) is 56.0 Å². The molecule has 42 heavy (non-hydrogen) atoms. The van der Waals surface area contributed by atoms with Crippen LogP contribution in [-0.4, -0.2) is 46.5 Å². The van der Waals surface area contributed by atoms with E-state index < -0.39 is 29.2 Å². The molecule has 10 nitrogen and oxygen atoms in total. The van der Waals surface area contributed by atoms with E-state index in [9.17, 15) is 23.2 Å². The Hall–Kier alpha value is -4.74. The number of carbonyl (C=O) groups excluding carboxylic acids is 3. The monoisotopic (exact) mass is 580 g/mol. The summed E-state index contributed by atoms with van der Waals surface area (Å²) in [5, 5.41) is 9.02. The third-order valence-corrected chi connectivity index (χ3v) is 6.42. The number of carbonyl (C=O) groups is 3.